The molecule has 2 aromatic carbocycles. The molecule has 1 heterocycles. The quantitative estimate of drug-likeness (QED) is 0.394. The molecule has 32 heavy (non-hydrogen) atoms. The Labute approximate surface area is 190 Å². The summed E-state index contributed by atoms with van der Waals surface area (Å²) in [5.41, 5.74) is 2.71. The van der Waals surface area contributed by atoms with Gasteiger partial charge in [0, 0.05) is 36.5 Å². The van der Waals surface area contributed by atoms with Crippen LogP contribution in [0.1, 0.15) is 37.6 Å². The van der Waals surface area contributed by atoms with Crippen molar-refractivity contribution in [2.75, 3.05) is 10.6 Å². The Morgan fingerprint density at radius 1 is 1.00 bits per heavy atom. The summed E-state index contributed by atoms with van der Waals surface area (Å²) in [6.45, 7) is 4.89. The normalized spacial score (nSPS) is 11.6. The van der Waals surface area contributed by atoms with E-state index in [9.17, 15) is 14.4 Å². The number of Topliss-reactive ketones (excluding diaryl/α,β-unsaturated/α-hetero) is 1. The number of nitrogens with one attached hydrogen (secondary N) is 2. The second kappa shape index (κ2) is 10.2. The summed E-state index contributed by atoms with van der Waals surface area (Å²) >= 11 is 1.33. The number of hydrogen-bond acceptors (Lipinski definition) is 6. The largest absolute Gasteiger partial charge is 0.326 e. The number of carbonyl (C=O) groups excluding carboxylic acids is 3. The summed E-state index contributed by atoms with van der Waals surface area (Å²) in [5, 5.41) is 14.4. The molecular weight excluding hydrogens is 426 g/mol. The summed E-state index contributed by atoms with van der Waals surface area (Å²) < 4.78 is 1.83. The van der Waals surface area contributed by atoms with Gasteiger partial charge >= 0.3 is 0 Å². The van der Waals surface area contributed by atoms with E-state index in [-0.39, 0.29) is 22.8 Å². The van der Waals surface area contributed by atoms with Crippen LogP contribution in [0.15, 0.2) is 53.7 Å². The molecule has 0 spiro atoms. The lowest BCUT2D eigenvalue weighted by Crippen LogP contribution is -2.25. The van der Waals surface area contributed by atoms with Crippen molar-refractivity contribution in [2.24, 2.45) is 7.05 Å². The molecule has 0 bridgehead atoms. The smallest absolute Gasteiger partial charge is 0.237 e. The topological polar surface area (TPSA) is 106 Å². The second-order valence-electron chi connectivity index (χ2n) is 7.26. The fourth-order valence-corrected chi connectivity index (χ4v) is 3.99. The molecule has 0 saturated carbocycles. The molecule has 3 rings (SSSR count). The Morgan fingerprint density at radius 2 is 1.72 bits per heavy atom. The van der Waals surface area contributed by atoms with E-state index in [2.05, 4.69) is 20.8 Å². The standard InChI is InChI=1S/C23H25N5O3S/c1-5-20(22(31)25-18-11-9-16(10-12-18)14(2)29)32-23-27-26-21(28(23)4)17-7-6-8-19(13-17)24-15(3)30/h6-13,20H,5H2,1-4H3,(H,24,30)(H,25,31)/t20-/m0/s1. The van der Waals surface area contributed by atoms with Gasteiger partial charge in [0.25, 0.3) is 0 Å². The average Bonchev–Trinajstić information content (AvgIpc) is 3.12. The van der Waals surface area contributed by atoms with Crippen LogP contribution in [0.25, 0.3) is 11.4 Å². The fraction of sp³-hybridized carbons (Fsp3) is 0.261. The number of ketones is 1. The van der Waals surface area contributed by atoms with E-state index in [4.69, 9.17) is 0 Å². The van der Waals surface area contributed by atoms with Crippen LogP contribution in [-0.2, 0) is 16.6 Å². The van der Waals surface area contributed by atoms with Crippen molar-refractivity contribution in [2.45, 2.75) is 37.6 Å². The van der Waals surface area contributed by atoms with E-state index in [1.807, 2.05) is 36.7 Å². The molecule has 0 saturated heterocycles. The SMILES string of the molecule is CC[C@H](Sc1nnc(-c2cccc(NC(C)=O)c2)n1C)C(=O)Nc1ccc(C(C)=O)cc1. The number of anilines is 2. The van der Waals surface area contributed by atoms with Crippen LogP contribution in [0, 0.1) is 0 Å². The van der Waals surface area contributed by atoms with Crippen LogP contribution in [0.3, 0.4) is 0 Å². The van der Waals surface area contributed by atoms with E-state index in [0.29, 0.717) is 34.3 Å². The number of amides is 2. The Morgan fingerprint density at radius 3 is 2.34 bits per heavy atom. The van der Waals surface area contributed by atoms with Gasteiger partial charge in [0.15, 0.2) is 16.8 Å². The maximum atomic E-state index is 12.8. The zero-order valence-electron chi connectivity index (χ0n) is 18.4. The molecule has 166 valence electrons. The van der Waals surface area contributed by atoms with Crippen molar-refractivity contribution in [1.82, 2.24) is 14.8 Å². The van der Waals surface area contributed by atoms with Gasteiger partial charge in [0.05, 0.1) is 5.25 Å². The number of hydrogen-bond donors (Lipinski definition) is 2. The maximum Gasteiger partial charge on any atom is 0.237 e. The monoisotopic (exact) mass is 451 g/mol. The minimum Gasteiger partial charge on any atom is -0.326 e. The van der Waals surface area contributed by atoms with Crippen LogP contribution in [0.5, 0.6) is 0 Å². The van der Waals surface area contributed by atoms with Crippen LogP contribution in [0.2, 0.25) is 0 Å². The molecule has 0 unspecified atom stereocenters. The van der Waals surface area contributed by atoms with Crippen LogP contribution in [0.4, 0.5) is 11.4 Å². The van der Waals surface area contributed by atoms with E-state index < -0.39 is 0 Å². The Kier molecular flexibility index (Phi) is 7.42. The lowest BCUT2D eigenvalue weighted by molar-refractivity contribution is -0.116. The minimum atomic E-state index is -0.371. The third kappa shape index (κ3) is 5.61. The van der Waals surface area contributed by atoms with Crippen LogP contribution in [-0.4, -0.2) is 37.6 Å². The van der Waals surface area contributed by atoms with Gasteiger partial charge in [-0.1, -0.05) is 30.8 Å². The first-order chi connectivity index (χ1) is 15.3. The van der Waals surface area contributed by atoms with Crippen LogP contribution < -0.4 is 10.6 Å². The molecule has 1 aromatic heterocycles. The number of aromatic nitrogens is 3. The van der Waals surface area contributed by atoms with Crippen molar-refractivity contribution in [1.29, 1.82) is 0 Å². The van der Waals surface area contributed by atoms with Gasteiger partial charge in [-0.05, 0) is 49.7 Å². The first-order valence-electron chi connectivity index (χ1n) is 10.1. The Hall–Kier alpha value is -3.46. The van der Waals surface area contributed by atoms with Gasteiger partial charge in [-0.15, -0.1) is 10.2 Å². The van der Waals surface area contributed by atoms with E-state index in [1.54, 1.807) is 30.3 Å². The molecule has 2 amide bonds. The highest BCUT2D eigenvalue weighted by atomic mass is 32.2. The summed E-state index contributed by atoms with van der Waals surface area (Å²) in [7, 11) is 1.84. The first-order valence-corrected chi connectivity index (χ1v) is 11.0. The summed E-state index contributed by atoms with van der Waals surface area (Å²) in [6, 6.07) is 14.2. The molecule has 2 N–H and O–H groups in total. The Balaban J connectivity index is 1.73. The van der Waals surface area contributed by atoms with Gasteiger partial charge in [0.2, 0.25) is 11.8 Å². The van der Waals surface area contributed by atoms with E-state index in [0.717, 1.165) is 5.56 Å². The van der Waals surface area contributed by atoms with Gasteiger partial charge in [-0.3, -0.25) is 14.4 Å². The third-order valence-electron chi connectivity index (χ3n) is 4.75. The summed E-state index contributed by atoms with van der Waals surface area (Å²) in [6.07, 6.45) is 0.599. The molecule has 0 aliphatic heterocycles. The van der Waals surface area contributed by atoms with Gasteiger partial charge < -0.3 is 15.2 Å². The van der Waals surface area contributed by atoms with E-state index in [1.165, 1.54) is 25.6 Å². The number of rotatable bonds is 8. The highest BCUT2D eigenvalue weighted by Gasteiger charge is 2.22. The van der Waals surface area contributed by atoms with Crippen LogP contribution >= 0.6 is 11.8 Å². The molecule has 0 fully saturated rings. The first kappa shape index (κ1) is 23.2. The third-order valence-corrected chi connectivity index (χ3v) is 6.14. The maximum absolute atomic E-state index is 12.8. The number of thioether (sulfide) groups is 1. The lowest BCUT2D eigenvalue weighted by Gasteiger charge is -2.14. The highest BCUT2D eigenvalue weighted by molar-refractivity contribution is 8.00. The van der Waals surface area contributed by atoms with Crippen molar-refractivity contribution < 1.29 is 14.4 Å². The molecule has 8 nitrogen and oxygen atoms in total. The lowest BCUT2D eigenvalue weighted by atomic mass is 10.1. The number of benzene rings is 2. The zero-order valence-corrected chi connectivity index (χ0v) is 19.2. The van der Waals surface area contributed by atoms with Crippen molar-refractivity contribution >= 4 is 40.7 Å². The summed E-state index contributed by atoms with van der Waals surface area (Å²) in [4.78, 5) is 35.5. The molecule has 1 atom stereocenters. The van der Waals surface area contributed by atoms with Crippen molar-refractivity contribution in [3.63, 3.8) is 0 Å². The van der Waals surface area contributed by atoms with Crippen molar-refractivity contribution in [3.05, 3.63) is 54.1 Å². The van der Waals surface area contributed by atoms with Gasteiger partial charge in [0.1, 0.15) is 0 Å². The second-order valence-corrected chi connectivity index (χ2v) is 8.43. The number of carbonyl (C=O) groups is 3. The zero-order chi connectivity index (χ0) is 23.3. The highest BCUT2D eigenvalue weighted by Crippen LogP contribution is 2.29. The fourth-order valence-electron chi connectivity index (χ4n) is 3.07. The molecule has 9 heteroatoms. The molecule has 0 radical (unpaired) electrons. The molecule has 3 aromatic rings. The Bertz CT molecular complexity index is 1140. The van der Waals surface area contributed by atoms with Gasteiger partial charge in [-0.2, -0.15) is 0 Å². The number of nitrogens with zero attached hydrogens (tertiary/aromatic N) is 3. The molecule has 0 aliphatic rings. The van der Waals surface area contributed by atoms with Gasteiger partial charge in [-0.25, -0.2) is 0 Å². The average molecular weight is 452 g/mol. The molecule has 0 aliphatic carbocycles. The molecular formula is C23H25N5O3S. The minimum absolute atomic E-state index is 0.0226. The van der Waals surface area contributed by atoms with E-state index >= 15 is 0 Å². The summed E-state index contributed by atoms with van der Waals surface area (Å²) in [5.74, 6) is 0.315. The van der Waals surface area contributed by atoms with Crippen molar-refractivity contribution in [3.8, 4) is 11.4 Å². The predicted molar refractivity (Wildman–Crippen MR) is 126 cm³/mol. The predicted octanol–water partition coefficient (Wildman–Crippen LogP) is 4.15.